The zero-order valence-electron chi connectivity index (χ0n) is 10.8. The number of rotatable bonds is 3. The Morgan fingerprint density at radius 3 is 2.06 bits per heavy atom. The standard InChI is InChI=1S/C13H20ClN3/c1-13(2,3)11-15-16-12(14)17(11)10(8-4-5-8)9-6-7-9/h8-10H,4-7H2,1-3H3. The fourth-order valence-corrected chi connectivity index (χ4v) is 2.96. The van der Waals surface area contributed by atoms with Crippen molar-refractivity contribution in [1.82, 2.24) is 14.8 Å². The lowest BCUT2D eigenvalue weighted by Gasteiger charge is -2.25. The third kappa shape index (κ3) is 2.10. The first kappa shape index (κ1) is 11.5. The Labute approximate surface area is 108 Å². The zero-order valence-corrected chi connectivity index (χ0v) is 11.5. The molecule has 2 aliphatic carbocycles. The highest BCUT2D eigenvalue weighted by Crippen LogP contribution is 2.53. The molecule has 0 saturated heterocycles. The summed E-state index contributed by atoms with van der Waals surface area (Å²) in [6, 6.07) is 0.562. The Balaban J connectivity index is 2.02. The number of nitrogens with zero attached hydrogens (tertiary/aromatic N) is 3. The second-order valence-electron chi connectivity index (χ2n) is 6.58. The van der Waals surface area contributed by atoms with Crippen LogP contribution in [0.2, 0.25) is 5.28 Å². The predicted molar refractivity (Wildman–Crippen MR) is 68.2 cm³/mol. The average Bonchev–Trinajstić information content (AvgIpc) is 3.08. The lowest BCUT2D eigenvalue weighted by atomic mass is 9.94. The van der Waals surface area contributed by atoms with Crippen molar-refractivity contribution >= 4 is 11.6 Å². The van der Waals surface area contributed by atoms with Gasteiger partial charge in [-0.2, -0.15) is 0 Å². The van der Waals surface area contributed by atoms with Crippen molar-refractivity contribution in [2.75, 3.05) is 0 Å². The van der Waals surface area contributed by atoms with Crippen molar-refractivity contribution < 1.29 is 0 Å². The van der Waals surface area contributed by atoms with E-state index in [1.807, 2.05) is 0 Å². The Morgan fingerprint density at radius 1 is 1.12 bits per heavy atom. The third-order valence-electron chi connectivity index (χ3n) is 3.83. The summed E-state index contributed by atoms with van der Waals surface area (Å²) in [4.78, 5) is 0. The smallest absolute Gasteiger partial charge is 0.225 e. The van der Waals surface area contributed by atoms with E-state index in [1.54, 1.807) is 0 Å². The van der Waals surface area contributed by atoms with Gasteiger partial charge in [0.1, 0.15) is 5.82 Å². The van der Waals surface area contributed by atoms with Gasteiger partial charge in [-0.1, -0.05) is 20.8 Å². The first-order chi connectivity index (χ1) is 7.98. The van der Waals surface area contributed by atoms with Crippen LogP contribution in [0.15, 0.2) is 0 Å². The molecule has 0 N–H and O–H groups in total. The molecule has 3 rings (SSSR count). The maximum Gasteiger partial charge on any atom is 0.225 e. The molecule has 1 heterocycles. The van der Waals surface area contributed by atoms with Gasteiger partial charge >= 0.3 is 0 Å². The van der Waals surface area contributed by atoms with Gasteiger partial charge in [0.2, 0.25) is 5.28 Å². The van der Waals surface area contributed by atoms with E-state index in [4.69, 9.17) is 11.6 Å². The molecule has 0 unspecified atom stereocenters. The molecule has 17 heavy (non-hydrogen) atoms. The van der Waals surface area contributed by atoms with E-state index in [0.717, 1.165) is 17.7 Å². The SMILES string of the molecule is CC(C)(C)c1nnc(Cl)n1C(C1CC1)C1CC1. The summed E-state index contributed by atoms with van der Waals surface area (Å²) in [6.45, 7) is 6.54. The van der Waals surface area contributed by atoms with Crippen LogP contribution in [0.3, 0.4) is 0 Å². The fraction of sp³-hybridized carbons (Fsp3) is 0.846. The fourth-order valence-electron chi connectivity index (χ4n) is 2.73. The molecule has 2 fully saturated rings. The van der Waals surface area contributed by atoms with E-state index < -0.39 is 0 Å². The van der Waals surface area contributed by atoms with Crippen molar-refractivity contribution in [3.63, 3.8) is 0 Å². The van der Waals surface area contributed by atoms with Gasteiger partial charge in [0.15, 0.2) is 0 Å². The molecule has 0 radical (unpaired) electrons. The summed E-state index contributed by atoms with van der Waals surface area (Å²) in [6.07, 6.45) is 5.39. The van der Waals surface area contributed by atoms with Crippen molar-refractivity contribution in [1.29, 1.82) is 0 Å². The van der Waals surface area contributed by atoms with Crippen LogP contribution >= 0.6 is 11.6 Å². The first-order valence-electron chi connectivity index (χ1n) is 6.59. The van der Waals surface area contributed by atoms with E-state index in [1.165, 1.54) is 25.7 Å². The average molecular weight is 254 g/mol. The van der Waals surface area contributed by atoms with Crippen molar-refractivity contribution in [2.45, 2.75) is 57.9 Å². The highest BCUT2D eigenvalue weighted by molar-refractivity contribution is 6.28. The van der Waals surface area contributed by atoms with Crippen molar-refractivity contribution in [3.05, 3.63) is 11.1 Å². The molecule has 94 valence electrons. The van der Waals surface area contributed by atoms with Crippen molar-refractivity contribution in [3.8, 4) is 0 Å². The van der Waals surface area contributed by atoms with Gasteiger partial charge in [0.25, 0.3) is 0 Å². The van der Waals surface area contributed by atoms with Crippen LogP contribution in [-0.2, 0) is 5.41 Å². The third-order valence-corrected chi connectivity index (χ3v) is 4.09. The minimum atomic E-state index is 0.0160. The van der Waals surface area contributed by atoms with Crippen LogP contribution in [0.1, 0.15) is 58.3 Å². The summed E-state index contributed by atoms with van der Waals surface area (Å²) in [5, 5.41) is 8.99. The van der Waals surface area contributed by atoms with Crippen molar-refractivity contribution in [2.24, 2.45) is 11.8 Å². The summed E-state index contributed by atoms with van der Waals surface area (Å²) in [5.41, 5.74) is 0.0160. The molecule has 1 aromatic heterocycles. The Kier molecular flexibility index (Phi) is 2.51. The largest absolute Gasteiger partial charge is 0.298 e. The lowest BCUT2D eigenvalue weighted by Crippen LogP contribution is -2.24. The molecule has 0 amide bonds. The molecular formula is C13H20ClN3. The number of aromatic nitrogens is 3. The van der Waals surface area contributed by atoms with Crippen LogP contribution < -0.4 is 0 Å². The zero-order chi connectivity index (χ0) is 12.2. The maximum absolute atomic E-state index is 6.28. The molecule has 1 aromatic rings. The molecule has 0 spiro atoms. The molecule has 0 aromatic carbocycles. The highest BCUT2D eigenvalue weighted by Gasteiger charge is 2.45. The van der Waals surface area contributed by atoms with Crippen LogP contribution in [0.25, 0.3) is 0 Å². The van der Waals surface area contributed by atoms with Gasteiger partial charge in [0, 0.05) is 11.5 Å². The predicted octanol–water partition coefficient (Wildman–Crippen LogP) is 3.59. The minimum Gasteiger partial charge on any atom is -0.298 e. The van der Waals surface area contributed by atoms with Crippen LogP contribution in [0, 0.1) is 11.8 Å². The van der Waals surface area contributed by atoms with Crippen LogP contribution in [-0.4, -0.2) is 14.8 Å². The summed E-state index contributed by atoms with van der Waals surface area (Å²) >= 11 is 6.28. The van der Waals surface area contributed by atoms with Gasteiger partial charge in [-0.3, -0.25) is 4.57 Å². The molecule has 3 nitrogen and oxygen atoms in total. The topological polar surface area (TPSA) is 30.7 Å². The normalized spacial score (nSPS) is 21.2. The van der Waals surface area contributed by atoms with Gasteiger partial charge in [-0.25, -0.2) is 0 Å². The van der Waals surface area contributed by atoms with Gasteiger partial charge in [0.05, 0.1) is 0 Å². The molecule has 2 aliphatic rings. The highest BCUT2D eigenvalue weighted by atomic mass is 35.5. The Morgan fingerprint density at radius 2 is 1.65 bits per heavy atom. The second kappa shape index (κ2) is 3.71. The Hall–Kier alpha value is -0.570. The first-order valence-corrected chi connectivity index (χ1v) is 6.97. The lowest BCUT2D eigenvalue weighted by molar-refractivity contribution is 0.359. The van der Waals surface area contributed by atoms with Gasteiger partial charge in [-0.15, -0.1) is 10.2 Å². The maximum atomic E-state index is 6.28. The summed E-state index contributed by atoms with van der Waals surface area (Å²) in [5.74, 6) is 2.68. The quantitative estimate of drug-likeness (QED) is 0.824. The molecule has 2 saturated carbocycles. The van der Waals surface area contributed by atoms with E-state index in [2.05, 4.69) is 35.5 Å². The van der Waals surface area contributed by atoms with Crippen LogP contribution in [0.5, 0.6) is 0 Å². The summed E-state index contributed by atoms with van der Waals surface area (Å²) in [7, 11) is 0. The molecule has 4 heteroatoms. The van der Waals surface area contributed by atoms with Crippen LogP contribution in [0.4, 0.5) is 0 Å². The number of hydrogen-bond acceptors (Lipinski definition) is 2. The van der Waals surface area contributed by atoms with E-state index in [9.17, 15) is 0 Å². The van der Waals surface area contributed by atoms with E-state index in [0.29, 0.717) is 11.3 Å². The minimum absolute atomic E-state index is 0.0160. The second-order valence-corrected chi connectivity index (χ2v) is 6.92. The number of hydrogen-bond donors (Lipinski definition) is 0. The van der Waals surface area contributed by atoms with E-state index in [-0.39, 0.29) is 5.41 Å². The van der Waals surface area contributed by atoms with Gasteiger partial charge in [-0.05, 0) is 49.1 Å². The number of halogens is 1. The van der Waals surface area contributed by atoms with E-state index >= 15 is 0 Å². The molecule has 0 bridgehead atoms. The molecular weight excluding hydrogens is 234 g/mol. The van der Waals surface area contributed by atoms with Gasteiger partial charge < -0.3 is 0 Å². The molecule has 0 aliphatic heterocycles. The Bertz CT molecular complexity index is 412. The monoisotopic (exact) mass is 253 g/mol. The molecule has 0 atom stereocenters. The summed E-state index contributed by atoms with van der Waals surface area (Å²) < 4.78 is 2.23.